The molecule has 15 nitrogen and oxygen atoms in total. The molecule has 0 bridgehead atoms. The Bertz CT molecular complexity index is 1220. The number of rotatable bonds is 14. The average Bonchev–Trinajstić information content (AvgIpc) is 3.24. The van der Waals surface area contributed by atoms with Crippen molar-refractivity contribution in [1.82, 2.24) is 0 Å². The number of ether oxygens (including phenoxy) is 2. The number of Topliss-reactive ketones (excluding diaryl/α,β-unsaturated/α-hetero) is 2. The third kappa shape index (κ3) is 6.42. The number of aliphatic hydroxyl groups excluding tert-OH is 1. The van der Waals surface area contributed by atoms with E-state index in [2.05, 4.69) is 22.7 Å². The Labute approximate surface area is 253 Å². The van der Waals surface area contributed by atoms with E-state index in [1.807, 2.05) is 6.92 Å². The third-order valence-electron chi connectivity index (χ3n) is 10.5. The largest absolute Gasteiger partial charge is 0.457 e. The standard InChI is InChI=1S/C29H40N2O13/c1-27-11-9-19(32)15-18(27)7-8-20-21-10-12-29(28(21,2)16-22(33)26(20)27,44-25(36)6-4-14-43-31(39)40)23(34)17-41-24(35)5-3-13-42-30(37)38/h7,20-22,26,33H,3-6,8-17H2,1-2H3/t20?,21?,22-,26+,27-,28-,29-/m0/s1. The first-order chi connectivity index (χ1) is 20.7. The SMILES string of the molecule is C[C@]12CCC(=O)CC1=CCC1C3CC[C@](OC(=O)CCCO[N+](=O)[O-])(C(=O)COC(=O)CCCO[N+](=O)[O-])[C@@]3(C)C[C@H](O)[C@@H]12. The zero-order valence-corrected chi connectivity index (χ0v) is 25.0. The number of fused-ring (bicyclic) bond motifs is 5. The van der Waals surface area contributed by atoms with Crippen LogP contribution in [0.15, 0.2) is 11.6 Å². The van der Waals surface area contributed by atoms with E-state index >= 15 is 0 Å². The highest BCUT2D eigenvalue weighted by Crippen LogP contribution is 2.68. The molecule has 44 heavy (non-hydrogen) atoms. The van der Waals surface area contributed by atoms with Crippen molar-refractivity contribution in [2.75, 3.05) is 19.8 Å². The summed E-state index contributed by atoms with van der Waals surface area (Å²) in [5.74, 6) is -2.33. The van der Waals surface area contributed by atoms with Crippen molar-refractivity contribution in [3.63, 3.8) is 0 Å². The van der Waals surface area contributed by atoms with Gasteiger partial charge in [-0.3, -0.25) is 19.2 Å². The Morgan fingerprint density at radius 2 is 1.66 bits per heavy atom. The molecule has 0 aromatic rings. The summed E-state index contributed by atoms with van der Waals surface area (Å²) < 4.78 is 11.2. The van der Waals surface area contributed by atoms with Crippen LogP contribution in [-0.4, -0.2) is 70.3 Å². The number of ketones is 2. The van der Waals surface area contributed by atoms with Crippen LogP contribution in [-0.2, 0) is 38.3 Å². The van der Waals surface area contributed by atoms with Crippen LogP contribution >= 0.6 is 0 Å². The number of nitrogens with zero attached hydrogens (tertiary/aromatic N) is 2. The second kappa shape index (κ2) is 13.2. The van der Waals surface area contributed by atoms with E-state index in [1.165, 1.54) is 0 Å². The minimum absolute atomic E-state index is 0.00469. The topological polar surface area (TPSA) is 212 Å². The zero-order chi connectivity index (χ0) is 32.3. The maximum Gasteiger partial charge on any atom is 0.306 e. The Morgan fingerprint density at radius 1 is 1.02 bits per heavy atom. The molecular formula is C29H40N2O13. The van der Waals surface area contributed by atoms with E-state index in [1.54, 1.807) is 0 Å². The number of allylic oxidation sites excluding steroid dienone is 2. The van der Waals surface area contributed by atoms with Crippen molar-refractivity contribution in [3.05, 3.63) is 31.9 Å². The van der Waals surface area contributed by atoms with Crippen molar-refractivity contribution in [2.45, 2.75) is 96.2 Å². The van der Waals surface area contributed by atoms with Gasteiger partial charge < -0.3 is 24.3 Å². The normalized spacial score (nSPS) is 34.0. The molecule has 4 rings (SSSR count). The van der Waals surface area contributed by atoms with Crippen molar-refractivity contribution in [3.8, 4) is 0 Å². The fourth-order valence-corrected chi connectivity index (χ4v) is 8.57. The fraction of sp³-hybridized carbons (Fsp3) is 0.793. The molecule has 3 saturated carbocycles. The summed E-state index contributed by atoms with van der Waals surface area (Å²) in [4.78, 5) is 80.9. The highest BCUT2D eigenvalue weighted by molar-refractivity contribution is 5.93. The van der Waals surface area contributed by atoms with Gasteiger partial charge in [0.25, 0.3) is 10.2 Å². The molecule has 15 heteroatoms. The Balaban J connectivity index is 1.56. The molecule has 0 saturated heterocycles. The van der Waals surface area contributed by atoms with Gasteiger partial charge in [0, 0.05) is 31.1 Å². The molecule has 244 valence electrons. The van der Waals surface area contributed by atoms with Gasteiger partial charge in [0.15, 0.2) is 12.2 Å². The van der Waals surface area contributed by atoms with E-state index in [-0.39, 0.29) is 80.7 Å². The van der Waals surface area contributed by atoms with Crippen LogP contribution in [0, 0.1) is 48.8 Å². The molecule has 2 unspecified atom stereocenters. The van der Waals surface area contributed by atoms with Gasteiger partial charge in [-0.2, -0.15) is 0 Å². The van der Waals surface area contributed by atoms with E-state index in [9.17, 15) is 44.5 Å². The number of carbonyl (C=O) groups is 4. The van der Waals surface area contributed by atoms with Crippen LogP contribution in [0.2, 0.25) is 0 Å². The molecule has 7 atom stereocenters. The Morgan fingerprint density at radius 3 is 2.30 bits per heavy atom. The molecule has 4 aliphatic rings. The lowest BCUT2D eigenvalue weighted by Gasteiger charge is -2.60. The molecule has 0 radical (unpaired) electrons. The lowest BCUT2D eigenvalue weighted by molar-refractivity contribution is -0.757. The molecule has 0 aliphatic heterocycles. The van der Waals surface area contributed by atoms with Gasteiger partial charge in [0.1, 0.15) is 5.78 Å². The maximum atomic E-state index is 14.0. The van der Waals surface area contributed by atoms with Gasteiger partial charge in [-0.15, -0.1) is 20.2 Å². The van der Waals surface area contributed by atoms with Gasteiger partial charge >= 0.3 is 11.9 Å². The monoisotopic (exact) mass is 624 g/mol. The third-order valence-corrected chi connectivity index (χ3v) is 10.5. The van der Waals surface area contributed by atoms with Crippen LogP contribution in [0.4, 0.5) is 0 Å². The van der Waals surface area contributed by atoms with Crippen molar-refractivity contribution in [1.29, 1.82) is 0 Å². The smallest absolute Gasteiger partial charge is 0.306 e. The number of hydrogen-bond donors (Lipinski definition) is 1. The number of hydrogen-bond acceptors (Lipinski definition) is 13. The molecule has 1 N–H and O–H groups in total. The van der Waals surface area contributed by atoms with Gasteiger partial charge in [-0.25, -0.2) is 0 Å². The first-order valence-corrected chi connectivity index (χ1v) is 15.1. The number of carbonyl (C=O) groups excluding carboxylic acids is 4. The minimum Gasteiger partial charge on any atom is -0.457 e. The van der Waals surface area contributed by atoms with Gasteiger partial charge in [0.05, 0.1) is 19.3 Å². The van der Waals surface area contributed by atoms with Crippen molar-refractivity contribution in [2.24, 2.45) is 28.6 Å². The van der Waals surface area contributed by atoms with E-state index < -0.39 is 51.6 Å². The highest BCUT2D eigenvalue weighted by atomic mass is 17.0. The Hall–Kier alpha value is -3.62. The zero-order valence-electron chi connectivity index (χ0n) is 25.0. The molecule has 0 heterocycles. The first kappa shape index (κ1) is 33.3. The fourth-order valence-electron chi connectivity index (χ4n) is 8.57. The molecule has 0 amide bonds. The summed E-state index contributed by atoms with van der Waals surface area (Å²) in [7, 11) is 0. The van der Waals surface area contributed by atoms with Crippen LogP contribution in [0.25, 0.3) is 0 Å². The quantitative estimate of drug-likeness (QED) is 0.0969. The van der Waals surface area contributed by atoms with Crippen LogP contribution in [0.5, 0.6) is 0 Å². The molecule has 0 aromatic carbocycles. The molecule has 0 aromatic heterocycles. The summed E-state index contributed by atoms with van der Waals surface area (Å²) in [5.41, 5.74) is -2.06. The Kier molecular flexibility index (Phi) is 9.96. The van der Waals surface area contributed by atoms with Crippen LogP contribution in [0.1, 0.15) is 84.5 Å². The maximum absolute atomic E-state index is 14.0. The van der Waals surface area contributed by atoms with E-state index in [0.29, 0.717) is 32.1 Å². The molecule has 3 fully saturated rings. The minimum atomic E-state index is -1.73. The van der Waals surface area contributed by atoms with Gasteiger partial charge in [-0.05, 0) is 68.1 Å². The van der Waals surface area contributed by atoms with Gasteiger partial charge in [-0.1, -0.05) is 25.5 Å². The summed E-state index contributed by atoms with van der Waals surface area (Å²) in [6.45, 7) is 2.57. The molecular weight excluding hydrogens is 584 g/mol. The molecule has 4 aliphatic carbocycles. The summed E-state index contributed by atoms with van der Waals surface area (Å²) >= 11 is 0. The summed E-state index contributed by atoms with van der Waals surface area (Å²) in [6.07, 6.45) is 3.57. The van der Waals surface area contributed by atoms with Crippen molar-refractivity contribution < 1.29 is 53.6 Å². The lowest BCUT2D eigenvalue weighted by atomic mass is 9.46. The molecule has 0 spiro atoms. The first-order valence-electron chi connectivity index (χ1n) is 15.1. The lowest BCUT2D eigenvalue weighted by Crippen LogP contribution is -2.63. The summed E-state index contributed by atoms with van der Waals surface area (Å²) in [6, 6.07) is 0. The second-order valence-corrected chi connectivity index (χ2v) is 12.8. The number of aliphatic hydroxyl groups is 1. The van der Waals surface area contributed by atoms with Crippen LogP contribution < -0.4 is 0 Å². The van der Waals surface area contributed by atoms with Gasteiger partial charge in [0.2, 0.25) is 5.78 Å². The predicted molar refractivity (Wildman–Crippen MR) is 147 cm³/mol. The summed E-state index contributed by atoms with van der Waals surface area (Å²) in [5, 5.41) is 30.6. The van der Waals surface area contributed by atoms with E-state index in [0.717, 1.165) is 5.57 Å². The predicted octanol–water partition coefficient (Wildman–Crippen LogP) is 2.86. The van der Waals surface area contributed by atoms with Crippen molar-refractivity contribution >= 4 is 23.5 Å². The average molecular weight is 625 g/mol. The van der Waals surface area contributed by atoms with Crippen LogP contribution in [0.3, 0.4) is 0 Å². The second-order valence-electron chi connectivity index (χ2n) is 12.8. The number of esters is 2. The van der Waals surface area contributed by atoms with E-state index in [4.69, 9.17) is 9.47 Å². The highest BCUT2D eigenvalue weighted by Gasteiger charge is 2.70.